The fraction of sp³-hybridized carbons (Fsp3) is 0.182. The number of non-ortho nitro benzene ring substituents is 1. The second-order valence-corrected chi connectivity index (χ2v) is 15.6. The highest BCUT2D eigenvalue weighted by Gasteiger charge is 2.40. The summed E-state index contributed by atoms with van der Waals surface area (Å²) < 4.78 is 44.1. The third-order valence-electron chi connectivity index (χ3n) is 9.86. The van der Waals surface area contributed by atoms with Crippen LogP contribution in [0.5, 0.6) is 0 Å². The fourth-order valence-electron chi connectivity index (χ4n) is 6.50. The summed E-state index contributed by atoms with van der Waals surface area (Å²) in [5.74, 6) is -11.7. The number of amides is 6. The minimum Gasteiger partial charge on any atom is -0.370 e. The Morgan fingerprint density at radius 1 is 0.579 bits per heavy atom. The number of benzene rings is 4. The number of carbonyl (C=O) groups is 6. The van der Waals surface area contributed by atoms with Crippen molar-refractivity contribution in [2.75, 3.05) is 4.90 Å². The highest BCUT2D eigenvalue weighted by atomic mass is 19.4. The molecule has 6 atom stereocenters. The molecule has 29 nitrogen and oxygen atoms in total. The maximum absolute atomic E-state index is 14.7. The summed E-state index contributed by atoms with van der Waals surface area (Å²) in [6.45, 7) is -0.638. The van der Waals surface area contributed by atoms with Gasteiger partial charge in [0.05, 0.1) is 16.2 Å². The van der Waals surface area contributed by atoms with Crippen LogP contribution < -0.4 is 83.1 Å². The third-order valence-corrected chi connectivity index (χ3v) is 9.86. The van der Waals surface area contributed by atoms with Gasteiger partial charge in [-0.1, -0.05) is 97.1 Å². The molecule has 0 aliphatic rings. The quantitative estimate of drug-likeness (QED) is 0.00849. The van der Waals surface area contributed by atoms with E-state index in [2.05, 4.69) is 30.6 Å². The van der Waals surface area contributed by atoms with Crippen molar-refractivity contribution < 1.29 is 52.0 Å². The number of carbonyl (C=O) groups excluding carboxylic acids is 6. The molecular weight excluding hydrogens is 1010 g/mol. The Bertz CT molecular complexity index is 2910. The van der Waals surface area contributed by atoms with E-state index in [1.807, 2.05) is 46.3 Å². The predicted molar refractivity (Wildman–Crippen MR) is 270 cm³/mol. The zero-order valence-corrected chi connectivity index (χ0v) is 39.4. The van der Waals surface area contributed by atoms with E-state index in [0.29, 0.717) is 16.5 Å². The average Bonchev–Trinajstić information content (AvgIpc) is 3.35. The third kappa shape index (κ3) is 17.4. The molecule has 0 aliphatic carbocycles. The lowest BCUT2D eigenvalue weighted by molar-refractivity contribution is -0.385. The first-order valence-corrected chi connectivity index (χ1v) is 21.6. The second-order valence-electron chi connectivity index (χ2n) is 15.6. The Labute approximate surface area is 427 Å². The lowest BCUT2D eigenvalue weighted by atomic mass is 10.0. The number of halogens is 3. The standard InChI is InChI=1S/C44H51F3N20O9/c45-44(46,47)26-19-25(67(75)76)17-18-27(26)66(20-23-15-13-22(14-16-23)12-11-21-7-3-1-4-8-21)39(74)38(73)57-28(24-9-5-2-6-10-24)34(69)59-31(63-41(51)52)36(71)61-33(65-43(55)56)37(72)60-32(64-42(53)54)35(70)58-30(29(48)68)62-40(49)50/h1-19,28,30-33,39,74H,20H2,(H2,48,68)(H,57,73)(H,58,70)(H,59,69)(H,60,72)(H,61,71)(H4,49,50,62)(H4,51,52,63)(H4,53,54,64)(H4,55,56,65). The van der Waals surface area contributed by atoms with Crippen LogP contribution in [0.4, 0.5) is 24.5 Å². The number of nitro groups is 1. The zero-order valence-electron chi connectivity index (χ0n) is 39.4. The number of aliphatic hydroxyl groups excluding tert-OH is 1. The van der Waals surface area contributed by atoms with E-state index in [1.54, 1.807) is 24.3 Å². The van der Waals surface area contributed by atoms with E-state index in [1.165, 1.54) is 42.5 Å². The van der Waals surface area contributed by atoms with Gasteiger partial charge >= 0.3 is 6.18 Å². The number of primary amides is 1. The molecule has 0 saturated carbocycles. The van der Waals surface area contributed by atoms with Gasteiger partial charge in [0.1, 0.15) is 6.04 Å². The number of nitro benzene ring substituents is 1. The van der Waals surface area contributed by atoms with Gasteiger partial charge in [-0.15, -0.1) is 0 Å². The second kappa shape index (κ2) is 26.2. The number of hydrogen-bond donors (Lipinski definition) is 15. The monoisotopic (exact) mass is 1060 g/mol. The van der Waals surface area contributed by atoms with Crippen LogP contribution in [-0.4, -0.2) is 100 Å². The van der Waals surface area contributed by atoms with Crippen LogP contribution in [-0.2, 0) is 41.5 Å². The first-order valence-electron chi connectivity index (χ1n) is 21.6. The topological polar surface area (TPSA) is 513 Å². The molecule has 6 amide bonds. The average molecular weight is 1060 g/mol. The van der Waals surface area contributed by atoms with Gasteiger partial charge in [0.25, 0.3) is 35.2 Å². The number of aliphatic imine (C=N–C) groups is 4. The van der Waals surface area contributed by atoms with Crippen molar-refractivity contribution in [1.82, 2.24) is 26.6 Å². The highest BCUT2D eigenvalue weighted by molar-refractivity contribution is 5.99. The van der Waals surface area contributed by atoms with Crippen molar-refractivity contribution in [2.24, 2.45) is 71.6 Å². The Hall–Kier alpha value is -10.5. The summed E-state index contributed by atoms with van der Waals surface area (Å²) in [4.78, 5) is 106. The van der Waals surface area contributed by atoms with E-state index in [-0.39, 0.29) is 17.2 Å². The lowest BCUT2D eigenvalue weighted by Gasteiger charge is -2.32. The number of nitrogens with two attached hydrogens (primary N) is 9. The molecule has 4 aromatic carbocycles. The van der Waals surface area contributed by atoms with Crippen LogP contribution in [0.25, 0.3) is 12.2 Å². The van der Waals surface area contributed by atoms with E-state index in [9.17, 15) is 57.2 Å². The van der Waals surface area contributed by atoms with Crippen molar-refractivity contribution in [3.63, 3.8) is 0 Å². The largest absolute Gasteiger partial charge is 0.418 e. The zero-order chi connectivity index (χ0) is 56.4. The van der Waals surface area contributed by atoms with Gasteiger partial charge in [-0.25, -0.2) is 20.0 Å². The maximum Gasteiger partial charge on any atom is 0.418 e. The first-order chi connectivity index (χ1) is 35.7. The number of aliphatic hydroxyl groups is 1. The Morgan fingerprint density at radius 2 is 1.00 bits per heavy atom. The van der Waals surface area contributed by atoms with Gasteiger partial charge in [-0.2, -0.15) is 13.2 Å². The van der Waals surface area contributed by atoms with Crippen molar-refractivity contribution in [3.8, 4) is 0 Å². The summed E-state index contributed by atoms with van der Waals surface area (Å²) in [5, 5.41) is 33.7. The van der Waals surface area contributed by atoms with Crippen LogP contribution in [0.3, 0.4) is 0 Å². The number of nitrogens with zero attached hydrogens (tertiary/aromatic N) is 6. The number of nitrogens with one attached hydrogen (secondary N) is 5. The number of guanidine groups is 4. The molecule has 32 heteroatoms. The molecule has 0 aromatic heterocycles. The molecule has 0 heterocycles. The van der Waals surface area contributed by atoms with Crippen molar-refractivity contribution in [1.29, 1.82) is 0 Å². The van der Waals surface area contributed by atoms with E-state index in [4.69, 9.17) is 51.6 Å². The lowest BCUT2D eigenvalue weighted by Crippen LogP contribution is -2.58. The van der Waals surface area contributed by atoms with Crippen LogP contribution in [0, 0.1) is 10.1 Å². The van der Waals surface area contributed by atoms with Gasteiger partial charge in [-0.3, -0.25) is 38.9 Å². The Balaban J connectivity index is 1.69. The van der Waals surface area contributed by atoms with Gasteiger partial charge in [0.2, 0.25) is 36.8 Å². The molecule has 0 fully saturated rings. The Morgan fingerprint density at radius 3 is 1.43 bits per heavy atom. The van der Waals surface area contributed by atoms with Crippen LogP contribution in [0.15, 0.2) is 123 Å². The van der Waals surface area contributed by atoms with Gasteiger partial charge in [-0.05, 0) is 28.3 Å². The summed E-state index contributed by atoms with van der Waals surface area (Å²) in [6.07, 6.45) is -12.9. The molecule has 76 heavy (non-hydrogen) atoms. The molecule has 402 valence electrons. The molecule has 0 aliphatic heterocycles. The summed E-state index contributed by atoms with van der Waals surface area (Å²) in [7, 11) is 0. The number of anilines is 1. The minimum absolute atomic E-state index is 0.0679. The molecular formula is C44H51F3N20O9. The highest BCUT2D eigenvalue weighted by Crippen LogP contribution is 2.40. The number of rotatable bonds is 23. The van der Waals surface area contributed by atoms with E-state index in [0.717, 1.165) is 11.6 Å². The van der Waals surface area contributed by atoms with E-state index >= 15 is 0 Å². The SMILES string of the molecule is NC(=O)C(N=C(N)N)NC(=O)C(N=C(N)N)NC(=O)C(N=C(N)N)NC(=O)C(N=C(N)N)NC(=O)C(NC(=O)C(O)N(Cc1ccc(C=Cc2ccccc2)cc1)c1ccc([N+](=O)[O-])cc1C(F)(F)F)c1ccccc1. The minimum atomic E-state index is -5.29. The normalized spacial score (nSPS) is 13.3. The fourth-order valence-corrected chi connectivity index (χ4v) is 6.50. The molecule has 0 bridgehead atoms. The first kappa shape index (κ1) is 58.0. The van der Waals surface area contributed by atoms with Crippen LogP contribution in [0.2, 0.25) is 0 Å². The molecule has 0 spiro atoms. The molecule has 6 unspecified atom stereocenters. The van der Waals surface area contributed by atoms with Crippen molar-refractivity contribution in [3.05, 3.63) is 141 Å². The smallest absolute Gasteiger partial charge is 0.370 e. The van der Waals surface area contributed by atoms with Crippen molar-refractivity contribution in [2.45, 2.75) is 49.7 Å². The van der Waals surface area contributed by atoms with Crippen molar-refractivity contribution >= 4 is 82.8 Å². The maximum atomic E-state index is 14.7. The van der Waals surface area contributed by atoms with Crippen LogP contribution in [0.1, 0.15) is 33.9 Å². The predicted octanol–water partition coefficient (Wildman–Crippen LogP) is -3.69. The van der Waals surface area contributed by atoms with Gasteiger partial charge in [0.15, 0.2) is 23.8 Å². The molecule has 0 saturated heterocycles. The molecule has 4 aromatic rings. The summed E-state index contributed by atoms with van der Waals surface area (Å²) >= 11 is 0. The number of alkyl halides is 3. The summed E-state index contributed by atoms with van der Waals surface area (Å²) in [6, 6.07) is 22.0. The van der Waals surface area contributed by atoms with Gasteiger partial charge < -0.3 is 88.2 Å². The molecule has 4 rings (SSSR count). The number of hydrogen-bond acceptors (Lipinski definition) is 14. The molecule has 0 radical (unpaired) electrons. The Kier molecular flexibility index (Phi) is 20.0. The van der Waals surface area contributed by atoms with Gasteiger partial charge in [0, 0.05) is 18.7 Å². The van der Waals surface area contributed by atoms with E-state index < -0.39 is 131 Å². The van der Waals surface area contributed by atoms with Crippen LogP contribution >= 0.6 is 0 Å². The summed E-state index contributed by atoms with van der Waals surface area (Å²) in [5.41, 5.74) is 46.9. The molecule has 24 N–H and O–H groups in total.